The van der Waals surface area contributed by atoms with Crippen LogP contribution in [0.3, 0.4) is 0 Å². The Balaban J connectivity index is 1.51. The molecule has 7 heteroatoms. The SMILES string of the molecule is Cc1cccnc1CCCNc1c(F)c(N)c2c3c1OC[C@H](C)N3C=C(C#N)C2=C1CCC1. The zero-order valence-corrected chi connectivity index (χ0v) is 19.0. The number of rotatable bonds is 5. The van der Waals surface area contributed by atoms with Gasteiger partial charge in [0.2, 0.25) is 0 Å². The minimum Gasteiger partial charge on any atom is -0.487 e. The second kappa shape index (κ2) is 8.43. The Morgan fingerprint density at radius 2 is 2.21 bits per heavy atom. The Hall–Kier alpha value is -3.53. The number of nitrogen functional groups attached to an aromatic ring is 1. The molecular weight excluding hydrogens is 417 g/mol. The van der Waals surface area contributed by atoms with Crippen LogP contribution in [0.25, 0.3) is 5.57 Å². The lowest BCUT2D eigenvalue weighted by Gasteiger charge is -2.41. The van der Waals surface area contributed by atoms with Gasteiger partial charge >= 0.3 is 0 Å². The molecule has 1 aromatic heterocycles. The summed E-state index contributed by atoms with van der Waals surface area (Å²) < 4.78 is 21.8. The van der Waals surface area contributed by atoms with Gasteiger partial charge in [0.05, 0.1) is 23.0 Å². The first kappa shape index (κ1) is 21.3. The number of ether oxygens (including phenoxy) is 1. The Labute approximate surface area is 193 Å². The molecule has 3 aliphatic rings. The molecule has 3 heterocycles. The van der Waals surface area contributed by atoms with E-state index in [4.69, 9.17) is 10.5 Å². The number of nitrogens with zero attached hydrogens (tertiary/aromatic N) is 3. The number of hydrogen-bond acceptors (Lipinski definition) is 6. The fourth-order valence-electron chi connectivity index (χ4n) is 4.84. The van der Waals surface area contributed by atoms with Crippen molar-refractivity contribution in [1.29, 1.82) is 5.26 Å². The lowest BCUT2D eigenvalue weighted by atomic mass is 9.79. The number of aryl methyl sites for hydroxylation is 2. The summed E-state index contributed by atoms with van der Waals surface area (Å²) in [7, 11) is 0. The van der Waals surface area contributed by atoms with Crippen LogP contribution in [0.2, 0.25) is 0 Å². The van der Waals surface area contributed by atoms with Crippen LogP contribution >= 0.6 is 0 Å². The molecule has 2 aromatic rings. The number of aromatic nitrogens is 1. The van der Waals surface area contributed by atoms with Gasteiger partial charge in [-0.15, -0.1) is 0 Å². The molecule has 33 heavy (non-hydrogen) atoms. The third-order valence-corrected chi connectivity index (χ3v) is 6.83. The minimum atomic E-state index is -0.510. The fraction of sp³-hybridized carbons (Fsp3) is 0.385. The van der Waals surface area contributed by atoms with E-state index in [9.17, 15) is 5.26 Å². The first-order valence-corrected chi connectivity index (χ1v) is 11.6. The summed E-state index contributed by atoms with van der Waals surface area (Å²) in [6.45, 7) is 5.04. The van der Waals surface area contributed by atoms with E-state index in [0.29, 0.717) is 35.7 Å². The lowest BCUT2D eigenvalue weighted by molar-refractivity contribution is 0.277. The van der Waals surface area contributed by atoms with E-state index in [1.807, 2.05) is 37.1 Å². The molecule has 5 rings (SSSR count). The molecule has 0 unspecified atom stereocenters. The minimum absolute atomic E-state index is 0.0115. The third kappa shape index (κ3) is 3.50. The van der Waals surface area contributed by atoms with Crippen molar-refractivity contribution in [3.05, 3.63) is 58.3 Å². The molecule has 1 aromatic carbocycles. The van der Waals surface area contributed by atoms with Gasteiger partial charge in [0.15, 0.2) is 11.6 Å². The predicted molar refractivity (Wildman–Crippen MR) is 129 cm³/mol. The van der Waals surface area contributed by atoms with Crippen molar-refractivity contribution in [3.63, 3.8) is 0 Å². The summed E-state index contributed by atoms with van der Waals surface area (Å²) >= 11 is 0. The molecule has 1 fully saturated rings. The van der Waals surface area contributed by atoms with Gasteiger partial charge in [0.25, 0.3) is 0 Å². The van der Waals surface area contributed by atoms with E-state index in [1.165, 1.54) is 5.57 Å². The number of halogens is 1. The van der Waals surface area contributed by atoms with Gasteiger partial charge in [0.1, 0.15) is 18.4 Å². The standard InChI is InChI=1S/C26H28FN5O/c1-15-6-4-10-30-19(15)9-5-11-31-24-22(27)23(29)21-20(17-7-3-8-17)18(12-28)13-32-16(2)14-33-26(24)25(21)32/h4,6,10,13,16,31H,3,5,7-9,11,14,29H2,1-2H3/t16-/m0/s1. The largest absolute Gasteiger partial charge is 0.487 e. The highest BCUT2D eigenvalue weighted by atomic mass is 19.1. The number of nitriles is 1. The van der Waals surface area contributed by atoms with Gasteiger partial charge in [-0.25, -0.2) is 4.39 Å². The van der Waals surface area contributed by atoms with Crippen LogP contribution in [0.15, 0.2) is 35.7 Å². The van der Waals surface area contributed by atoms with Gasteiger partial charge in [-0.05, 0) is 57.6 Å². The van der Waals surface area contributed by atoms with E-state index in [1.54, 1.807) is 6.20 Å². The van der Waals surface area contributed by atoms with Crippen LogP contribution in [0.1, 0.15) is 49.4 Å². The van der Waals surface area contributed by atoms with Crippen LogP contribution in [-0.2, 0) is 6.42 Å². The molecule has 0 amide bonds. The highest BCUT2D eigenvalue weighted by molar-refractivity contribution is 6.03. The molecule has 0 saturated heterocycles. The van der Waals surface area contributed by atoms with Gasteiger partial charge in [-0.3, -0.25) is 4.98 Å². The van der Waals surface area contributed by atoms with Crippen LogP contribution in [0, 0.1) is 24.1 Å². The van der Waals surface area contributed by atoms with Crippen LogP contribution in [0.5, 0.6) is 5.75 Å². The normalized spacial score (nSPS) is 18.7. The quantitative estimate of drug-likeness (QED) is 0.492. The maximum absolute atomic E-state index is 15.7. The molecule has 0 radical (unpaired) electrons. The summed E-state index contributed by atoms with van der Waals surface area (Å²) in [5.74, 6) is -0.0293. The van der Waals surface area contributed by atoms with Crippen molar-refractivity contribution >= 4 is 22.6 Å². The zero-order valence-electron chi connectivity index (χ0n) is 19.0. The molecule has 0 bridgehead atoms. The Bertz CT molecular complexity index is 1220. The Morgan fingerprint density at radius 1 is 1.39 bits per heavy atom. The third-order valence-electron chi connectivity index (χ3n) is 6.83. The average molecular weight is 446 g/mol. The van der Waals surface area contributed by atoms with Gasteiger partial charge < -0.3 is 20.7 Å². The zero-order chi connectivity index (χ0) is 23.1. The summed E-state index contributed by atoms with van der Waals surface area (Å²) in [6, 6.07) is 6.30. The van der Waals surface area contributed by atoms with Crippen molar-refractivity contribution in [1.82, 2.24) is 4.98 Å². The van der Waals surface area contributed by atoms with Crippen LogP contribution in [0.4, 0.5) is 21.5 Å². The number of benzene rings is 1. The van der Waals surface area contributed by atoms with Crippen LogP contribution < -0.4 is 20.7 Å². The van der Waals surface area contributed by atoms with Crippen molar-refractivity contribution in [2.75, 3.05) is 29.1 Å². The average Bonchev–Trinajstić information content (AvgIpc) is 2.78. The molecule has 1 aliphatic carbocycles. The number of nitrogens with one attached hydrogen (secondary N) is 1. The topological polar surface area (TPSA) is 87.2 Å². The number of nitrogens with two attached hydrogens (primary N) is 1. The highest BCUT2D eigenvalue weighted by Crippen LogP contribution is 2.55. The lowest BCUT2D eigenvalue weighted by Crippen LogP contribution is -2.40. The van der Waals surface area contributed by atoms with Gasteiger partial charge in [0, 0.05) is 35.8 Å². The predicted octanol–water partition coefficient (Wildman–Crippen LogP) is 5.10. The summed E-state index contributed by atoms with van der Waals surface area (Å²) in [5.41, 5.74) is 12.9. The number of pyridine rings is 1. The highest BCUT2D eigenvalue weighted by Gasteiger charge is 2.39. The number of anilines is 3. The molecular formula is C26H28FN5O. The van der Waals surface area contributed by atoms with E-state index >= 15 is 4.39 Å². The summed E-state index contributed by atoms with van der Waals surface area (Å²) in [6.07, 6.45) is 8.16. The molecule has 2 aliphatic heterocycles. The van der Waals surface area contributed by atoms with Crippen molar-refractivity contribution in [3.8, 4) is 11.8 Å². The van der Waals surface area contributed by atoms with Crippen molar-refractivity contribution < 1.29 is 9.13 Å². The molecule has 0 spiro atoms. The second-order valence-electron chi connectivity index (χ2n) is 9.01. The van der Waals surface area contributed by atoms with Crippen molar-refractivity contribution in [2.24, 2.45) is 0 Å². The molecule has 1 atom stereocenters. The number of allylic oxidation sites excluding steroid dienone is 3. The van der Waals surface area contributed by atoms with E-state index in [0.717, 1.165) is 54.6 Å². The van der Waals surface area contributed by atoms with Gasteiger partial charge in [-0.1, -0.05) is 11.6 Å². The van der Waals surface area contributed by atoms with Crippen LogP contribution in [-0.4, -0.2) is 24.2 Å². The molecule has 6 nitrogen and oxygen atoms in total. The van der Waals surface area contributed by atoms with E-state index in [2.05, 4.69) is 16.4 Å². The summed E-state index contributed by atoms with van der Waals surface area (Å²) in [5, 5.41) is 13.1. The first-order valence-electron chi connectivity index (χ1n) is 11.6. The number of hydrogen-bond donors (Lipinski definition) is 2. The Kier molecular flexibility index (Phi) is 5.45. The van der Waals surface area contributed by atoms with E-state index < -0.39 is 5.82 Å². The second-order valence-corrected chi connectivity index (χ2v) is 9.01. The molecule has 1 saturated carbocycles. The Morgan fingerprint density at radius 3 is 2.91 bits per heavy atom. The fourth-order valence-corrected chi connectivity index (χ4v) is 4.84. The van der Waals surface area contributed by atoms with Crippen molar-refractivity contribution in [2.45, 2.75) is 52.0 Å². The van der Waals surface area contributed by atoms with E-state index in [-0.39, 0.29) is 11.7 Å². The van der Waals surface area contributed by atoms with Gasteiger partial charge in [-0.2, -0.15) is 5.26 Å². The maximum atomic E-state index is 15.7. The molecule has 170 valence electrons. The molecule has 3 N–H and O–H groups in total. The smallest absolute Gasteiger partial charge is 0.173 e. The first-order chi connectivity index (χ1) is 16.0. The summed E-state index contributed by atoms with van der Waals surface area (Å²) in [4.78, 5) is 6.46. The maximum Gasteiger partial charge on any atom is 0.173 e. The monoisotopic (exact) mass is 445 g/mol.